The number of phenols is 2. The van der Waals surface area contributed by atoms with E-state index in [1.165, 1.54) is 51.3 Å². The van der Waals surface area contributed by atoms with Crippen molar-refractivity contribution in [2.75, 3.05) is 60.0 Å². The number of carbonyl (C=O) groups excluding carboxylic acids is 7. The molecule has 352 valence electrons. The van der Waals surface area contributed by atoms with E-state index in [-0.39, 0.29) is 53.5 Å². The molecule has 1 fully saturated rings. The van der Waals surface area contributed by atoms with Crippen LogP contribution in [0.3, 0.4) is 0 Å². The van der Waals surface area contributed by atoms with Crippen molar-refractivity contribution < 1.29 is 48.5 Å². The number of methoxy groups -OCH3 is 1. The minimum Gasteiger partial charge on any atom is -0.507 e. The van der Waals surface area contributed by atoms with Gasteiger partial charge in [-0.05, 0) is 110 Å². The van der Waals surface area contributed by atoms with Crippen molar-refractivity contribution in [2.45, 2.75) is 51.1 Å². The van der Waals surface area contributed by atoms with Gasteiger partial charge >= 0.3 is 0 Å². The highest BCUT2D eigenvalue weighted by Gasteiger charge is 2.31. The van der Waals surface area contributed by atoms with Gasteiger partial charge < -0.3 is 46.9 Å². The maximum Gasteiger partial charge on any atom is 0.292 e. The van der Waals surface area contributed by atoms with Gasteiger partial charge in [-0.1, -0.05) is 61.3 Å². The summed E-state index contributed by atoms with van der Waals surface area (Å²) in [7, 11) is 2.67. The second-order valence-corrected chi connectivity index (χ2v) is 16.0. The van der Waals surface area contributed by atoms with Crippen molar-refractivity contribution in [3.63, 3.8) is 0 Å². The summed E-state index contributed by atoms with van der Waals surface area (Å²) in [5.41, 5.74) is 8.25. The Hall–Kier alpha value is -6.82. The predicted molar refractivity (Wildman–Crippen MR) is 249 cm³/mol. The molecule has 2 heterocycles. The molecule has 5 amide bonds. The van der Waals surface area contributed by atoms with Gasteiger partial charge in [0.15, 0.2) is 5.78 Å². The zero-order valence-corrected chi connectivity index (χ0v) is 38.1. The molecule has 0 aromatic heterocycles. The summed E-state index contributed by atoms with van der Waals surface area (Å²) in [6.45, 7) is 3.90. The lowest BCUT2D eigenvalue weighted by Crippen LogP contribution is -2.52. The second-order valence-electron chi connectivity index (χ2n) is 15.6. The number of hydrogen-bond donors (Lipinski definition) is 7. The fraction of sp³-hybridized carbons (Fsp3) is 0.354. The van der Waals surface area contributed by atoms with Crippen LogP contribution in [-0.4, -0.2) is 128 Å². The highest BCUT2D eigenvalue weighted by molar-refractivity contribution is 6.30. The Labute approximate surface area is 389 Å². The molecule has 4 aromatic carbocycles. The summed E-state index contributed by atoms with van der Waals surface area (Å²) >= 11 is 5.99. The number of rotatable bonds is 13. The van der Waals surface area contributed by atoms with Gasteiger partial charge in [-0.15, -0.1) is 0 Å². The van der Waals surface area contributed by atoms with E-state index < -0.39 is 54.7 Å². The minimum absolute atomic E-state index is 0.0440. The van der Waals surface area contributed by atoms with Crippen LogP contribution in [-0.2, 0) is 39.9 Å². The molecule has 0 radical (unpaired) electrons. The average molecular weight is 928 g/mol. The Kier molecular flexibility index (Phi) is 20.6. The molecule has 4 aromatic rings. The summed E-state index contributed by atoms with van der Waals surface area (Å²) in [6, 6.07) is 20.2. The average Bonchev–Trinajstić information content (AvgIpc) is 3.83. The summed E-state index contributed by atoms with van der Waals surface area (Å²) in [5, 5.41) is 32.8. The van der Waals surface area contributed by atoms with Gasteiger partial charge in [-0.25, -0.2) is 0 Å². The van der Waals surface area contributed by atoms with E-state index in [4.69, 9.17) is 22.1 Å². The molecular weight excluding hydrogens is 870 g/mol. The number of amides is 5. The zero-order chi connectivity index (χ0) is 48.2. The molecule has 0 saturated carbocycles. The number of Topliss-reactive ketones (excluding diaryl/α,β-unsaturated/α-hetero) is 1. The molecule has 2 aliphatic heterocycles. The summed E-state index contributed by atoms with van der Waals surface area (Å²) < 4.78 is 3.86. The highest BCUT2D eigenvalue weighted by Crippen LogP contribution is 2.38. The number of nitrogens with one attached hydrogen (secondary N) is 4. The van der Waals surface area contributed by atoms with Gasteiger partial charge in [-0.2, -0.15) is 0 Å². The predicted octanol–water partition coefficient (Wildman–Crippen LogP) is 3.49. The summed E-state index contributed by atoms with van der Waals surface area (Å²) in [6.07, 6.45) is 4.36. The van der Waals surface area contributed by atoms with Crippen LogP contribution in [0.5, 0.6) is 11.5 Å². The minimum atomic E-state index is -1.37. The normalized spacial score (nSPS) is 15.7. The van der Waals surface area contributed by atoms with E-state index in [0.717, 1.165) is 48.5 Å². The molecule has 18 heteroatoms. The number of likely N-dealkylation sites (tertiary alicyclic amines) is 1. The molecule has 6 rings (SSSR count). The van der Waals surface area contributed by atoms with Gasteiger partial charge in [0.05, 0.1) is 33.3 Å². The third-order valence-electron chi connectivity index (χ3n) is 10.7. The number of fused-ring (bicyclic) bond motifs is 5. The number of ketones is 1. The van der Waals surface area contributed by atoms with Crippen LogP contribution in [0.25, 0.3) is 22.3 Å². The first-order valence-corrected chi connectivity index (χ1v) is 21.9. The van der Waals surface area contributed by atoms with Crippen LogP contribution in [0.15, 0.2) is 84.9 Å². The SMILES string of the molecule is CCCCN.CN(C(=O)CNC(=O)c1ccc(-c2ccc(Cl)cc2)cc1)C1C(=O)NCC(=O)NC(C(=O)NCC(=O)CN2CCCC2)Cc2ccc(O)c(c2)-c2cc1ccc2O.COC=O. The standard InChI is InChI=1S/C42H43ClN6O8.C4H11N.C2H4O2/c1-48(38(54)23-46-40(55)28-7-5-26(6-8-28)27-9-12-30(43)13-10-27)39-29-11-15-36(52)33(20-29)32-18-25(4-14-35(32)51)19-34(47-37(53)22-45-42(39)57)41(56)44-21-31(50)24-49-16-2-3-17-49;1-2-3-4-5;1-4-2-3/h4-15,18,20,34,39,51-52H,2-3,16-17,19,21-24H2,1H3,(H,44,56)(H,45,57)(H,46,55)(H,47,53);2-5H2,1H3;2H,1H3. The van der Waals surface area contributed by atoms with E-state index in [1.54, 1.807) is 48.5 Å². The molecule has 0 aliphatic carbocycles. The molecule has 17 nitrogen and oxygen atoms in total. The first-order chi connectivity index (χ1) is 31.7. The van der Waals surface area contributed by atoms with E-state index in [0.29, 0.717) is 22.6 Å². The van der Waals surface area contributed by atoms with Crippen molar-refractivity contribution in [1.29, 1.82) is 0 Å². The van der Waals surface area contributed by atoms with E-state index in [9.17, 15) is 39.0 Å². The van der Waals surface area contributed by atoms with E-state index >= 15 is 0 Å². The number of nitrogens with two attached hydrogens (primary N) is 1. The van der Waals surface area contributed by atoms with Crippen molar-refractivity contribution in [3.05, 3.63) is 107 Å². The first-order valence-electron chi connectivity index (χ1n) is 21.5. The van der Waals surface area contributed by atoms with Gasteiger partial charge in [0.1, 0.15) is 23.6 Å². The van der Waals surface area contributed by atoms with Crippen LogP contribution in [0, 0.1) is 0 Å². The van der Waals surface area contributed by atoms with Gasteiger partial charge in [-0.3, -0.25) is 38.5 Å². The number of nitrogens with zero attached hydrogens (tertiary/aromatic N) is 2. The van der Waals surface area contributed by atoms with Crippen LogP contribution in [0.4, 0.5) is 0 Å². The van der Waals surface area contributed by atoms with Crippen LogP contribution in [0.2, 0.25) is 5.02 Å². The summed E-state index contributed by atoms with van der Waals surface area (Å²) in [4.78, 5) is 91.8. The lowest BCUT2D eigenvalue weighted by atomic mass is 9.94. The third-order valence-corrected chi connectivity index (χ3v) is 10.9. The number of unbranched alkanes of at least 4 members (excludes halogenated alkanes) is 1. The Balaban J connectivity index is 0.000000966. The van der Waals surface area contributed by atoms with Crippen LogP contribution < -0.4 is 27.0 Å². The number of halogens is 1. The molecule has 0 spiro atoms. The third kappa shape index (κ3) is 15.4. The van der Waals surface area contributed by atoms with Gasteiger partial charge in [0, 0.05) is 35.2 Å². The Morgan fingerprint density at radius 3 is 2.09 bits per heavy atom. The molecule has 66 heavy (non-hydrogen) atoms. The molecule has 4 bridgehead atoms. The second kappa shape index (κ2) is 26.2. The number of benzene rings is 4. The number of aromatic hydroxyl groups is 2. The molecule has 8 N–H and O–H groups in total. The lowest BCUT2D eigenvalue weighted by molar-refractivity contribution is -0.139. The monoisotopic (exact) mass is 927 g/mol. The maximum atomic E-state index is 13.9. The molecule has 2 aliphatic rings. The molecule has 1 saturated heterocycles. The summed E-state index contributed by atoms with van der Waals surface area (Å²) in [5.74, 6) is -3.92. The number of hydrogen-bond acceptors (Lipinski definition) is 12. The zero-order valence-electron chi connectivity index (χ0n) is 37.3. The fourth-order valence-corrected chi connectivity index (χ4v) is 7.24. The van der Waals surface area contributed by atoms with Crippen molar-refractivity contribution >= 4 is 53.4 Å². The van der Waals surface area contributed by atoms with Gasteiger partial charge in [0.2, 0.25) is 23.6 Å². The number of phenolic OH excluding ortho intramolecular Hbond substituents is 2. The number of likely N-dealkylation sites (N-methyl/N-ethyl adjacent to an activating group) is 1. The van der Waals surface area contributed by atoms with E-state index in [2.05, 4.69) is 32.9 Å². The highest BCUT2D eigenvalue weighted by atomic mass is 35.5. The quantitative estimate of drug-likeness (QED) is 0.0953. The van der Waals surface area contributed by atoms with Crippen LogP contribution in [0.1, 0.15) is 60.1 Å². The Morgan fingerprint density at radius 1 is 0.894 bits per heavy atom. The first kappa shape index (κ1) is 51.8. The fourth-order valence-electron chi connectivity index (χ4n) is 7.11. The van der Waals surface area contributed by atoms with Gasteiger partial charge in [0.25, 0.3) is 12.4 Å². The molecule has 2 unspecified atom stereocenters. The largest absolute Gasteiger partial charge is 0.507 e. The smallest absolute Gasteiger partial charge is 0.292 e. The number of ether oxygens (including phenoxy) is 1. The topological polar surface area (TPSA) is 250 Å². The van der Waals surface area contributed by atoms with Crippen molar-refractivity contribution in [1.82, 2.24) is 31.1 Å². The Morgan fingerprint density at radius 2 is 1.50 bits per heavy atom. The number of carbonyl (C=O) groups is 7. The Bertz CT molecular complexity index is 2300. The van der Waals surface area contributed by atoms with E-state index in [1.807, 2.05) is 17.0 Å². The maximum absolute atomic E-state index is 13.9. The van der Waals surface area contributed by atoms with Crippen molar-refractivity contribution in [3.8, 4) is 33.8 Å². The molecular formula is C48H58ClN7O10. The molecule has 2 atom stereocenters. The van der Waals surface area contributed by atoms with Crippen molar-refractivity contribution in [2.24, 2.45) is 5.73 Å². The van der Waals surface area contributed by atoms with Crippen LogP contribution >= 0.6 is 11.6 Å². The lowest BCUT2D eigenvalue weighted by Gasteiger charge is -2.29.